The largest absolute Gasteiger partial charge is 0.481 e. The third kappa shape index (κ3) is 4.46. The predicted molar refractivity (Wildman–Crippen MR) is 80.8 cm³/mol. The molecular weight excluding hydrogens is 266 g/mol. The van der Waals surface area contributed by atoms with Gasteiger partial charge in [-0.3, -0.25) is 4.79 Å². The molecule has 2 N–H and O–H groups in total. The van der Waals surface area contributed by atoms with E-state index in [1.54, 1.807) is 20.1 Å². The SMILES string of the molecule is CC(C)(Cc1ccc(CNCc2ccco2)cc1)C(=O)O. The third-order valence-electron chi connectivity index (χ3n) is 3.46. The molecule has 0 bridgehead atoms. The van der Waals surface area contributed by atoms with E-state index in [1.165, 1.54) is 5.56 Å². The molecule has 0 saturated carbocycles. The van der Waals surface area contributed by atoms with Gasteiger partial charge >= 0.3 is 5.97 Å². The average Bonchev–Trinajstić information content (AvgIpc) is 2.93. The standard InChI is InChI=1S/C17H21NO3/c1-17(2,16(19)20)10-13-5-7-14(8-6-13)11-18-12-15-4-3-9-21-15/h3-9,18H,10-12H2,1-2H3,(H,19,20). The molecule has 4 heteroatoms. The van der Waals surface area contributed by atoms with E-state index >= 15 is 0 Å². The fraction of sp³-hybridized carbons (Fsp3) is 0.353. The highest BCUT2D eigenvalue weighted by atomic mass is 16.4. The molecule has 1 aromatic carbocycles. The van der Waals surface area contributed by atoms with Crippen molar-refractivity contribution in [3.63, 3.8) is 0 Å². The second-order valence-corrected chi connectivity index (χ2v) is 5.87. The summed E-state index contributed by atoms with van der Waals surface area (Å²) < 4.78 is 5.25. The molecule has 21 heavy (non-hydrogen) atoms. The number of rotatable bonds is 7. The van der Waals surface area contributed by atoms with E-state index in [9.17, 15) is 4.79 Å². The van der Waals surface area contributed by atoms with Crippen LogP contribution < -0.4 is 5.32 Å². The van der Waals surface area contributed by atoms with E-state index in [0.29, 0.717) is 13.0 Å². The van der Waals surface area contributed by atoms with Crippen LogP contribution in [0.5, 0.6) is 0 Å². The number of furan rings is 1. The molecule has 0 saturated heterocycles. The Balaban J connectivity index is 1.85. The summed E-state index contributed by atoms with van der Waals surface area (Å²) in [4.78, 5) is 11.1. The first-order valence-corrected chi connectivity index (χ1v) is 7.02. The summed E-state index contributed by atoms with van der Waals surface area (Å²) in [7, 11) is 0. The van der Waals surface area contributed by atoms with Gasteiger partial charge in [0.15, 0.2) is 0 Å². The zero-order valence-electron chi connectivity index (χ0n) is 12.4. The Hall–Kier alpha value is -2.07. The van der Waals surface area contributed by atoms with Crippen molar-refractivity contribution >= 4 is 5.97 Å². The fourth-order valence-corrected chi connectivity index (χ4v) is 2.10. The Kier molecular flexibility index (Phi) is 4.81. The zero-order valence-corrected chi connectivity index (χ0v) is 12.4. The van der Waals surface area contributed by atoms with Crippen LogP contribution in [0, 0.1) is 5.41 Å². The van der Waals surface area contributed by atoms with Gasteiger partial charge in [0.1, 0.15) is 5.76 Å². The molecule has 0 aliphatic rings. The second kappa shape index (κ2) is 6.59. The van der Waals surface area contributed by atoms with Crippen LogP contribution in [0.15, 0.2) is 47.1 Å². The predicted octanol–water partition coefficient (Wildman–Crippen LogP) is 3.22. The number of aliphatic carboxylic acids is 1. The van der Waals surface area contributed by atoms with Crippen LogP contribution in [0.2, 0.25) is 0 Å². The van der Waals surface area contributed by atoms with Crippen LogP contribution in [0.1, 0.15) is 30.7 Å². The van der Waals surface area contributed by atoms with E-state index < -0.39 is 11.4 Å². The van der Waals surface area contributed by atoms with Gasteiger partial charge in [-0.05, 0) is 43.5 Å². The molecular formula is C17H21NO3. The molecule has 0 aliphatic carbocycles. The normalized spacial score (nSPS) is 11.5. The van der Waals surface area contributed by atoms with E-state index in [1.807, 2.05) is 36.4 Å². The van der Waals surface area contributed by atoms with E-state index in [4.69, 9.17) is 9.52 Å². The third-order valence-corrected chi connectivity index (χ3v) is 3.46. The molecule has 0 atom stereocenters. The van der Waals surface area contributed by atoms with Crippen LogP contribution in [-0.4, -0.2) is 11.1 Å². The van der Waals surface area contributed by atoms with Crippen LogP contribution in [-0.2, 0) is 24.3 Å². The molecule has 1 aromatic heterocycles. The quantitative estimate of drug-likeness (QED) is 0.820. The lowest BCUT2D eigenvalue weighted by molar-refractivity contribution is -0.146. The fourth-order valence-electron chi connectivity index (χ4n) is 2.10. The molecule has 0 unspecified atom stereocenters. The zero-order chi connectivity index (χ0) is 15.3. The van der Waals surface area contributed by atoms with Gasteiger partial charge in [0.25, 0.3) is 0 Å². The highest BCUT2D eigenvalue weighted by Gasteiger charge is 2.27. The maximum absolute atomic E-state index is 11.1. The molecule has 0 amide bonds. The molecule has 0 radical (unpaired) electrons. The summed E-state index contributed by atoms with van der Waals surface area (Å²) in [5.74, 6) is 0.140. The number of nitrogens with one attached hydrogen (secondary N) is 1. The highest BCUT2D eigenvalue weighted by molar-refractivity contribution is 5.74. The maximum atomic E-state index is 11.1. The highest BCUT2D eigenvalue weighted by Crippen LogP contribution is 2.22. The summed E-state index contributed by atoms with van der Waals surface area (Å²) in [6.07, 6.45) is 2.19. The second-order valence-electron chi connectivity index (χ2n) is 5.87. The number of carboxylic acids is 1. The summed E-state index contributed by atoms with van der Waals surface area (Å²) in [5.41, 5.74) is 1.47. The van der Waals surface area contributed by atoms with Gasteiger partial charge in [-0.25, -0.2) is 0 Å². The molecule has 4 nitrogen and oxygen atoms in total. The Morgan fingerprint density at radius 3 is 2.38 bits per heavy atom. The molecule has 2 aromatic rings. The topological polar surface area (TPSA) is 62.5 Å². The van der Waals surface area contributed by atoms with Crippen LogP contribution in [0.25, 0.3) is 0 Å². The van der Waals surface area contributed by atoms with Crippen LogP contribution >= 0.6 is 0 Å². The smallest absolute Gasteiger partial charge is 0.309 e. The summed E-state index contributed by atoms with van der Waals surface area (Å²) in [6.45, 7) is 4.94. The summed E-state index contributed by atoms with van der Waals surface area (Å²) in [5, 5.41) is 12.4. The van der Waals surface area contributed by atoms with Crippen molar-refractivity contribution in [3.05, 3.63) is 59.5 Å². The van der Waals surface area contributed by atoms with Gasteiger partial charge in [0.05, 0.1) is 18.2 Å². The number of carbonyl (C=O) groups is 1. The Bertz CT molecular complexity index is 571. The van der Waals surface area contributed by atoms with Crippen molar-refractivity contribution in [1.82, 2.24) is 5.32 Å². The van der Waals surface area contributed by atoms with Gasteiger partial charge in [0, 0.05) is 6.54 Å². The first kappa shape index (κ1) is 15.3. The lowest BCUT2D eigenvalue weighted by Gasteiger charge is -2.19. The van der Waals surface area contributed by atoms with Crippen LogP contribution in [0.4, 0.5) is 0 Å². The van der Waals surface area contributed by atoms with Crippen molar-refractivity contribution in [1.29, 1.82) is 0 Å². The van der Waals surface area contributed by atoms with Gasteiger partial charge < -0.3 is 14.8 Å². The van der Waals surface area contributed by atoms with E-state index in [-0.39, 0.29) is 0 Å². The summed E-state index contributed by atoms with van der Waals surface area (Å²) in [6, 6.07) is 11.9. The van der Waals surface area contributed by atoms with E-state index in [0.717, 1.165) is 17.9 Å². The number of carboxylic acid groups (broad SMARTS) is 1. The van der Waals surface area contributed by atoms with Crippen LogP contribution in [0.3, 0.4) is 0 Å². The van der Waals surface area contributed by atoms with Crippen molar-refractivity contribution in [2.75, 3.05) is 0 Å². The average molecular weight is 287 g/mol. The van der Waals surface area contributed by atoms with Crippen molar-refractivity contribution in [3.8, 4) is 0 Å². The minimum absolute atomic E-state index is 0.530. The number of hydrogen-bond donors (Lipinski definition) is 2. The first-order chi connectivity index (χ1) is 9.97. The molecule has 112 valence electrons. The number of hydrogen-bond acceptors (Lipinski definition) is 3. The molecule has 1 heterocycles. The Morgan fingerprint density at radius 1 is 1.14 bits per heavy atom. The van der Waals surface area contributed by atoms with Gasteiger partial charge in [-0.1, -0.05) is 24.3 Å². The summed E-state index contributed by atoms with van der Waals surface area (Å²) >= 11 is 0. The number of benzene rings is 1. The van der Waals surface area contributed by atoms with E-state index in [2.05, 4.69) is 5.32 Å². The van der Waals surface area contributed by atoms with Crippen molar-refractivity contribution in [2.24, 2.45) is 5.41 Å². The van der Waals surface area contributed by atoms with Gasteiger partial charge in [-0.2, -0.15) is 0 Å². The molecule has 0 aliphatic heterocycles. The minimum atomic E-state index is -0.772. The maximum Gasteiger partial charge on any atom is 0.309 e. The Morgan fingerprint density at radius 2 is 1.81 bits per heavy atom. The lowest BCUT2D eigenvalue weighted by atomic mass is 9.86. The van der Waals surface area contributed by atoms with Gasteiger partial charge in [0.2, 0.25) is 0 Å². The molecule has 2 rings (SSSR count). The monoisotopic (exact) mass is 287 g/mol. The first-order valence-electron chi connectivity index (χ1n) is 7.02. The molecule has 0 spiro atoms. The van der Waals surface area contributed by atoms with Crippen molar-refractivity contribution in [2.45, 2.75) is 33.4 Å². The van der Waals surface area contributed by atoms with Crippen molar-refractivity contribution < 1.29 is 14.3 Å². The Labute approximate surface area is 124 Å². The minimum Gasteiger partial charge on any atom is -0.481 e. The van der Waals surface area contributed by atoms with Gasteiger partial charge in [-0.15, -0.1) is 0 Å². The lowest BCUT2D eigenvalue weighted by Crippen LogP contribution is -2.26. The molecule has 0 fully saturated rings.